The van der Waals surface area contributed by atoms with E-state index in [1.807, 2.05) is 20.8 Å². The van der Waals surface area contributed by atoms with Crippen molar-refractivity contribution in [2.75, 3.05) is 19.7 Å². The number of amides is 1. The number of sulfonamides is 1. The van der Waals surface area contributed by atoms with Crippen molar-refractivity contribution in [3.63, 3.8) is 0 Å². The first-order chi connectivity index (χ1) is 13.2. The molecule has 0 saturated carbocycles. The van der Waals surface area contributed by atoms with Crippen LogP contribution in [-0.2, 0) is 19.6 Å². The van der Waals surface area contributed by atoms with E-state index in [9.17, 15) is 18.0 Å². The fourth-order valence-electron chi connectivity index (χ4n) is 2.89. The lowest BCUT2D eigenvalue weighted by Crippen LogP contribution is -2.38. The van der Waals surface area contributed by atoms with Gasteiger partial charge in [0.05, 0.1) is 10.5 Å². The summed E-state index contributed by atoms with van der Waals surface area (Å²) >= 11 is 0. The molecular weight excluding hydrogens is 380 g/mol. The first kappa shape index (κ1) is 22.4. The zero-order valence-electron chi connectivity index (χ0n) is 16.8. The molecule has 0 aromatic heterocycles. The van der Waals surface area contributed by atoms with Gasteiger partial charge < -0.3 is 10.1 Å². The second-order valence-corrected chi connectivity index (χ2v) is 9.46. The lowest BCUT2D eigenvalue weighted by Gasteiger charge is -2.20. The molecule has 1 N–H and O–H groups in total. The maximum atomic E-state index is 12.9. The van der Waals surface area contributed by atoms with Crippen LogP contribution in [0, 0.1) is 5.92 Å². The summed E-state index contributed by atoms with van der Waals surface area (Å²) in [4.78, 5) is 24.2. The Hall–Kier alpha value is -1.93. The third-order valence-electron chi connectivity index (χ3n) is 5.00. The number of nitrogens with zero attached hydrogens (tertiary/aromatic N) is 1. The second kappa shape index (κ2) is 10.0. The van der Waals surface area contributed by atoms with Crippen molar-refractivity contribution in [3.05, 3.63) is 29.8 Å². The van der Waals surface area contributed by atoms with Crippen LogP contribution in [0.5, 0.6) is 0 Å². The molecule has 2 rings (SSSR count). The average Bonchev–Trinajstić information content (AvgIpc) is 2.96. The van der Waals surface area contributed by atoms with Gasteiger partial charge in [-0.25, -0.2) is 13.2 Å². The molecule has 156 valence electrons. The molecule has 0 spiro atoms. The average molecular weight is 411 g/mol. The number of nitrogens with one attached hydrogen (secondary N) is 1. The molecule has 0 bridgehead atoms. The predicted molar refractivity (Wildman–Crippen MR) is 106 cm³/mol. The van der Waals surface area contributed by atoms with E-state index in [0.29, 0.717) is 13.1 Å². The summed E-state index contributed by atoms with van der Waals surface area (Å²) in [5, 5.41) is 2.75. The molecular formula is C20H30N2O5S. The largest absolute Gasteiger partial charge is 0.452 e. The summed E-state index contributed by atoms with van der Waals surface area (Å²) < 4.78 is 32.3. The van der Waals surface area contributed by atoms with Crippen LogP contribution in [0.25, 0.3) is 0 Å². The van der Waals surface area contributed by atoms with Crippen molar-refractivity contribution in [2.45, 2.75) is 57.4 Å². The van der Waals surface area contributed by atoms with Gasteiger partial charge in [-0.2, -0.15) is 4.31 Å². The monoisotopic (exact) mass is 410 g/mol. The molecule has 0 unspecified atom stereocenters. The van der Waals surface area contributed by atoms with Crippen LogP contribution in [0.15, 0.2) is 29.2 Å². The van der Waals surface area contributed by atoms with Crippen molar-refractivity contribution >= 4 is 21.9 Å². The van der Waals surface area contributed by atoms with E-state index in [1.165, 1.54) is 28.6 Å². The summed E-state index contributed by atoms with van der Waals surface area (Å²) in [6, 6.07) is 5.76. The molecule has 1 amide bonds. The van der Waals surface area contributed by atoms with E-state index in [1.54, 1.807) is 0 Å². The number of ether oxygens (including phenoxy) is 1. The first-order valence-corrected chi connectivity index (χ1v) is 11.2. The van der Waals surface area contributed by atoms with E-state index in [2.05, 4.69) is 5.32 Å². The molecule has 1 heterocycles. The third-order valence-corrected chi connectivity index (χ3v) is 6.89. The van der Waals surface area contributed by atoms with Crippen LogP contribution < -0.4 is 5.32 Å². The number of hydrogen-bond donors (Lipinski definition) is 1. The van der Waals surface area contributed by atoms with Gasteiger partial charge in [0.1, 0.15) is 0 Å². The quantitative estimate of drug-likeness (QED) is 0.698. The van der Waals surface area contributed by atoms with Crippen molar-refractivity contribution in [3.8, 4) is 0 Å². The van der Waals surface area contributed by atoms with Gasteiger partial charge in [0.15, 0.2) is 6.61 Å². The Kier molecular flexibility index (Phi) is 8.00. The highest BCUT2D eigenvalue weighted by molar-refractivity contribution is 7.89. The highest BCUT2D eigenvalue weighted by atomic mass is 32.2. The number of hydrogen-bond acceptors (Lipinski definition) is 5. The number of carbonyl (C=O) groups is 2. The lowest BCUT2D eigenvalue weighted by molar-refractivity contribution is -0.125. The van der Waals surface area contributed by atoms with Gasteiger partial charge in [-0.05, 0) is 43.9 Å². The molecule has 8 heteroatoms. The predicted octanol–water partition coefficient (Wildman–Crippen LogP) is 2.57. The van der Waals surface area contributed by atoms with E-state index < -0.39 is 22.6 Å². The van der Waals surface area contributed by atoms with Gasteiger partial charge in [-0.15, -0.1) is 0 Å². The number of benzene rings is 1. The minimum absolute atomic E-state index is 0.0340. The fraction of sp³-hybridized carbons (Fsp3) is 0.600. The molecule has 1 aliphatic rings. The van der Waals surface area contributed by atoms with Crippen LogP contribution in [-0.4, -0.2) is 50.3 Å². The van der Waals surface area contributed by atoms with Gasteiger partial charge in [0, 0.05) is 19.1 Å². The van der Waals surface area contributed by atoms with E-state index >= 15 is 0 Å². The molecule has 0 aliphatic carbocycles. The molecule has 1 aromatic rings. The molecule has 7 nitrogen and oxygen atoms in total. The number of carbonyl (C=O) groups excluding carboxylic acids is 2. The second-order valence-electron chi connectivity index (χ2n) is 7.52. The van der Waals surface area contributed by atoms with Crippen LogP contribution >= 0.6 is 0 Å². The number of esters is 1. The van der Waals surface area contributed by atoms with Gasteiger partial charge in [0.25, 0.3) is 5.91 Å². The van der Waals surface area contributed by atoms with Crippen LogP contribution in [0.1, 0.15) is 56.8 Å². The smallest absolute Gasteiger partial charge is 0.338 e. The summed E-state index contributed by atoms with van der Waals surface area (Å²) in [5.74, 6) is -0.844. The summed E-state index contributed by atoms with van der Waals surface area (Å²) in [5.41, 5.74) is 0.112. The van der Waals surface area contributed by atoms with Crippen molar-refractivity contribution in [2.24, 2.45) is 5.92 Å². The van der Waals surface area contributed by atoms with Gasteiger partial charge in [-0.1, -0.05) is 32.8 Å². The topological polar surface area (TPSA) is 92.8 Å². The van der Waals surface area contributed by atoms with E-state index in [4.69, 9.17) is 4.74 Å². The minimum Gasteiger partial charge on any atom is -0.452 e. The van der Waals surface area contributed by atoms with Crippen LogP contribution in [0.3, 0.4) is 0 Å². The van der Waals surface area contributed by atoms with Crippen molar-refractivity contribution < 1.29 is 22.7 Å². The maximum Gasteiger partial charge on any atom is 0.338 e. The summed E-state index contributed by atoms with van der Waals surface area (Å²) in [6.07, 6.45) is 3.72. The number of rotatable bonds is 7. The van der Waals surface area contributed by atoms with Gasteiger partial charge in [-0.3, -0.25) is 4.79 Å². The normalized spacial score (nSPS) is 17.0. The zero-order valence-corrected chi connectivity index (χ0v) is 17.6. The minimum atomic E-state index is -3.65. The van der Waals surface area contributed by atoms with Gasteiger partial charge >= 0.3 is 5.97 Å². The molecule has 1 atom stereocenters. The standard InChI is InChI=1S/C20H30N2O5S/c1-15(2)16(3)21-19(23)14-27-20(24)17-9-8-10-18(13-17)28(25,26)22-11-6-4-5-7-12-22/h8-10,13,15-16H,4-7,11-12,14H2,1-3H3,(H,21,23)/t16-/m0/s1. The third kappa shape index (κ3) is 6.04. The lowest BCUT2D eigenvalue weighted by atomic mass is 10.1. The van der Waals surface area contributed by atoms with Gasteiger partial charge in [0.2, 0.25) is 10.0 Å². The summed E-state index contributed by atoms with van der Waals surface area (Å²) in [7, 11) is -3.65. The van der Waals surface area contributed by atoms with Crippen LogP contribution in [0.4, 0.5) is 0 Å². The van der Waals surface area contributed by atoms with Crippen molar-refractivity contribution in [1.82, 2.24) is 9.62 Å². The first-order valence-electron chi connectivity index (χ1n) is 9.78. The van der Waals surface area contributed by atoms with Crippen molar-refractivity contribution in [1.29, 1.82) is 0 Å². The highest BCUT2D eigenvalue weighted by Crippen LogP contribution is 2.21. The zero-order chi connectivity index (χ0) is 20.7. The van der Waals surface area contributed by atoms with E-state index in [-0.39, 0.29) is 28.3 Å². The Morgan fingerprint density at radius 2 is 1.75 bits per heavy atom. The Labute approximate surface area is 167 Å². The highest BCUT2D eigenvalue weighted by Gasteiger charge is 2.26. The molecule has 1 aliphatic heterocycles. The Balaban J connectivity index is 2.03. The Morgan fingerprint density at radius 1 is 1.11 bits per heavy atom. The van der Waals surface area contributed by atoms with E-state index in [0.717, 1.165) is 25.7 Å². The molecule has 1 saturated heterocycles. The maximum absolute atomic E-state index is 12.9. The molecule has 28 heavy (non-hydrogen) atoms. The fourth-order valence-corrected chi connectivity index (χ4v) is 4.45. The molecule has 0 radical (unpaired) electrons. The Bertz CT molecular complexity index is 784. The van der Waals surface area contributed by atoms with Crippen LogP contribution in [0.2, 0.25) is 0 Å². The molecule has 1 aromatic carbocycles. The summed E-state index contributed by atoms with van der Waals surface area (Å²) in [6.45, 7) is 6.41. The SMILES string of the molecule is CC(C)[C@H](C)NC(=O)COC(=O)c1cccc(S(=O)(=O)N2CCCCCC2)c1. The Morgan fingerprint density at radius 3 is 2.36 bits per heavy atom. The molecule has 1 fully saturated rings.